The molecule has 2 saturated carbocycles. The molecule has 14 heteroatoms. The van der Waals surface area contributed by atoms with E-state index in [9.17, 15) is 39.3 Å². The maximum Gasteiger partial charge on any atom is 0.408 e. The van der Waals surface area contributed by atoms with E-state index < -0.39 is 106 Å². The molecule has 14 nitrogen and oxygen atoms in total. The first-order valence-electron chi connectivity index (χ1n) is 16.4. The van der Waals surface area contributed by atoms with Gasteiger partial charge < -0.3 is 44.3 Å². The average molecular weight is 686 g/mol. The van der Waals surface area contributed by atoms with E-state index in [0.29, 0.717) is 11.1 Å². The van der Waals surface area contributed by atoms with E-state index in [1.807, 2.05) is 0 Å². The Kier molecular flexibility index (Phi) is 8.39. The van der Waals surface area contributed by atoms with Crippen LogP contribution in [0.5, 0.6) is 0 Å². The van der Waals surface area contributed by atoms with E-state index in [1.54, 1.807) is 65.0 Å². The van der Waals surface area contributed by atoms with Crippen molar-refractivity contribution in [3.8, 4) is 0 Å². The number of aliphatic hydroxyl groups excluding tert-OH is 3. The van der Waals surface area contributed by atoms with Gasteiger partial charge in [0, 0.05) is 24.2 Å². The van der Waals surface area contributed by atoms with Crippen LogP contribution in [0.15, 0.2) is 41.7 Å². The Morgan fingerprint density at radius 2 is 1.78 bits per heavy atom. The molecule has 1 amide bonds. The Bertz CT molecular complexity index is 1600. The van der Waals surface area contributed by atoms with Gasteiger partial charge in [0.05, 0.1) is 25.7 Å². The van der Waals surface area contributed by atoms with Crippen LogP contribution < -0.4 is 5.32 Å². The summed E-state index contributed by atoms with van der Waals surface area (Å²) in [6.07, 6.45) is -7.64. The molecular formula is C35H43NO13. The van der Waals surface area contributed by atoms with Crippen molar-refractivity contribution < 1.29 is 63.0 Å². The van der Waals surface area contributed by atoms with Gasteiger partial charge in [-0.2, -0.15) is 0 Å². The minimum atomic E-state index is -2.37. The van der Waals surface area contributed by atoms with Crippen molar-refractivity contribution >= 4 is 29.8 Å². The second kappa shape index (κ2) is 11.8. The zero-order valence-electron chi connectivity index (χ0n) is 28.3. The smallest absolute Gasteiger partial charge is 0.408 e. The molecular weight excluding hydrogens is 642 g/mol. The van der Waals surface area contributed by atoms with Gasteiger partial charge in [0.15, 0.2) is 11.5 Å². The molecule has 1 aromatic rings. The number of carbonyl (C=O) groups is 5. The van der Waals surface area contributed by atoms with E-state index in [-0.39, 0.29) is 25.9 Å². The predicted octanol–water partition coefficient (Wildman–Crippen LogP) is 1.69. The number of amides is 1. The van der Waals surface area contributed by atoms with Crippen LogP contribution >= 0.6 is 0 Å². The summed E-state index contributed by atoms with van der Waals surface area (Å²) in [7, 11) is 1.06. The SMILES string of the molecule is COC(=O)[C@@]12OC[C@]34[C@H]([C@@H](O)[C@@H]1O)[C@@]1(C)CC(=O)C(O)=C(C)[C@@H]1C[C@H]3OC(=O)[C@H](OC(=O)C(Cc1ccccc1)NC(=O)OC(C)(C)C)[C@@H]24. The number of Topliss-reactive ketones (excluding diaryl/α,β-unsaturated/α-hetero) is 1. The second-order valence-corrected chi connectivity index (χ2v) is 15.2. The van der Waals surface area contributed by atoms with Gasteiger partial charge in [-0.3, -0.25) is 4.79 Å². The topological polar surface area (TPSA) is 204 Å². The van der Waals surface area contributed by atoms with Crippen molar-refractivity contribution in [3.05, 3.63) is 47.2 Å². The third-order valence-electron chi connectivity index (χ3n) is 11.3. The number of carbonyl (C=O) groups excluding carboxylic acids is 5. The third kappa shape index (κ3) is 5.13. The first-order valence-corrected chi connectivity index (χ1v) is 16.4. The number of fused-ring (bicyclic) bond motifs is 2. The number of allylic oxidation sites excluding steroid dienone is 2. The highest BCUT2D eigenvalue weighted by Crippen LogP contribution is 2.72. The Morgan fingerprint density at radius 1 is 1.10 bits per heavy atom. The molecule has 6 rings (SSSR count). The van der Waals surface area contributed by atoms with E-state index in [2.05, 4.69) is 5.32 Å². The molecule has 1 aromatic carbocycles. The number of aliphatic hydroxyl groups is 3. The summed E-state index contributed by atoms with van der Waals surface area (Å²) in [5, 5.41) is 36.9. The van der Waals surface area contributed by atoms with Crippen molar-refractivity contribution in [1.29, 1.82) is 0 Å². The summed E-state index contributed by atoms with van der Waals surface area (Å²) >= 11 is 0. The lowest BCUT2D eigenvalue weighted by Crippen LogP contribution is -2.79. The highest BCUT2D eigenvalue weighted by Gasteiger charge is 2.85. The molecule has 2 saturated heterocycles. The fourth-order valence-corrected chi connectivity index (χ4v) is 9.56. The van der Waals surface area contributed by atoms with E-state index in [1.165, 1.54) is 0 Å². The first-order chi connectivity index (χ1) is 22.9. The molecule has 1 spiro atoms. The van der Waals surface area contributed by atoms with Gasteiger partial charge in [0.1, 0.15) is 23.9 Å². The van der Waals surface area contributed by atoms with Crippen LogP contribution in [0, 0.1) is 28.6 Å². The minimum absolute atomic E-state index is 0.0569. The molecule has 2 bridgehead atoms. The molecule has 49 heavy (non-hydrogen) atoms. The maximum absolute atomic E-state index is 14.1. The summed E-state index contributed by atoms with van der Waals surface area (Å²) in [5.41, 5.74) is -4.81. The van der Waals surface area contributed by atoms with Gasteiger partial charge >= 0.3 is 24.0 Å². The Hall–Kier alpha value is -4.01. The van der Waals surface area contributed by atoms with Gasteiger partial charge in [-0.25, -0.2) is 19.2 Å². The second-order valence-electron chi connectivity index (χ2n) is 15.2. The van der Waals surface area contributed by atoms with Crippen LogP contribution in [0.4, 0.5) is 4.79 Å². The van der Waals surface area contributed by atoms with Gasteiger partial charge in [0.25, 0.3) is 0 Å². The Morgan fingerprint density at radius 3 is 2.41 bits per heavy atom. The van der Waals surface area contributed by atoms with Gasteiger partial charge in [-0.1, -0.05) is 37.3 Å². The molecule has 0 aromatic heterocycles. The summed E-state index contributed by atoms with van der Waals surface area (Å²) in [4.78, 5) is 67.7. The van der Waals surface area contributed by atoms with Crippen LogP contribution in [0.1, 0.15) is 53.0 Å². The van der Waals surface area contributed by atoms with Crippen LogP contribution in [0.25, 0.3) is 0 Å². The van der Waals surface area contributed by atoms with Crippen molar-refractivity contribution in [1.82, 2.24) is 5.32 Å². The highest BCUT2D eigenvalue weighted by atomic mass is 16.6. The highest BCUT2D eigenvalue weighted by molar-refractivity contribution is 5.95. The number of hydrogen-bond donors (Lipinski definition) is 4. The van der Waals surface area contributed by atoms with Crippen molar-refractivity contribution in [2.75, 3.05) is 13.7 Å². The lowest BCUT2D eigenvalue weighted by atomic mass is 9.38. The molecule has 266 valence electrons. The number of alkyl carbamates (subject to hydrolysis) is 1. The Balaban J connectivity index is 1.44. The van der Waals surface area contributed by atoms with Crippen LogP contribution in [-0.2, 0) is 49.3 Å². The lowest BCUT2D eigenvalue weighted by Gasteiger charge is -2.67. The first kappa shape index (κ1) is 34.8. The number of esters is 3. The van der Waals surface area contributed by atoms with E-state index in [0.717, 1.165) is 7.11 Å². The van der Waals surface area contributed by atoms with E-state index >= 15 is 0 Å². The van der Waals surface area contributed by atoms with Crippen LogP contribution in [-0.4, -0.2) is 100 Å². The van der Waals surface area contributed by atoms with Gasteiger partial charge in [0.2, 0.25) is 11.7 Å². The minimum Gasteiger partial charge on any atom is -0.504 e. The number of benzene rings is 1. The molecule has 11 atom stereocenters. The van der Waals surface area contributed by atoms with Crippen molar-refractivity contribution in [2.45, 2.75) is 95.5 Å². The van der Waals surface area contributed by atoms with Crippen LogP contribution in [0.3, 0.4) is 0 Å². The fourth-order valence-electron chi connectivity index (χ4n) is 9.56. The molecule has 5 aliphatic rings. The average Bonchev–Trinajstić information content (AvgIpc) is 3.33. The predicted molar refractivity (Wildman–Crippen MR) is 166 cm³/mol. The van der Waals surface area contributed by atoms with Gasteiger partial charge in [-0.05, 0) is 56.6 Å². The van der Waals surface area contributed by atoms with Crippen LogP contribution in [0.2, 0.25) is 0 Å². The summed E-state index contributed by atoms with van der Waals surface area (Å²) in [6, 6.07) is 7.37. The number of nitrogens with one attached hydrogen (secondary N) is 1. The molecule has 2 aliphatic heterocycles. The zero-order chi connectivity index (χ0) is 35.8. The van der Waals surface area contributed by atoms with Crippen molar-refractivity contribution in [2.24, 2.45) is 28.6 Å². The molecule has 1 unspecified atom stereocenters. The number of hydrogen-bond acceptors (Lipinski definition) is 13. The largest absolute Gasteiger partial charge is 0.504 e. The monoisotopic (exact) mass is 685 g/mol. The fraction of sp³-hybridized carbons (Fsp3) is 0.629. The molecule has 0 radical (unpaired) electrons. The summed E-state index contributed by atoms with van der Waals surface area (Å²) in [5.74, 6) is -7.16. The summed E-state index contributed by atoms with van der Waals surface area (Å²) < 4.78 is 28.6. The Labute approximate surface area is 283 Å². The number of ketones is 1. The quantitative estimate of drug-likeness (QED) is 0.249. The maximum atomic E-state index is 14.1. The standard InChI is InChI=1S/C35H43NO13/c1-16-18-13-21-34-15-46-35(30(43)45-6,27(40)23(39)25(34)33(18,5)14-20(37)22(16)38)26(34)24(29(42)47-21)48-28(41)19(12-17-10-8-7-9-11-17)36-31(44)49-32(2,3)4/h7-11,18-19,21,23-27,38-40H,12-15H2,1-6H3,(H,36,44)/t18-,19?,21+,23+,24+,25+,26+,27-,33-,34+,35-/m0/s1. The molecule has 4 N–H and O–H groups in total. The lowest BCUT2D eigenvalue weighted by molar-refractivity contribution is -0.290. The molecule has 2 heterocycles. The number of ether oxygens (including phenoxy) is 5. The summed E-state index contributed by atoms with van der Waals surface area (Å²) in [6.45, 7) is 8.00. The normalized spacial score (nSPS) is 38.4. The molecule has 4 fully saturated rings. The van der Waals surface area contributed by atoms with E-state index in [4.69, 9.17) is 23.7 Å². The molecule has 3 aliphatic carbocycles. The number of methoxy groups -OCH3 is 1. The zero-order valence-corrected chi connectivity index (χ0v) is 28.3. The van der Waals surface area contributed by atoms with Crippen molar-refractivity contribution in [3.63, 3.8) is 0 Å². The number of rotatable bonds is 6. The third-order valence-corrected chi connectivity index (χ3v) is 11.3. The van der Waals surface area contributed by atoms with Gasteiger partial charge in [-0.15, -0.1) is 0 Å².